The van der Waals surface area contributed by atoms with E-state index in [1.807, 2.05) is 0 Å². The van der Waals surface area contributed by atoms with E-state index < -0.39 is 5.82 Å². The molecule has 0 aromatic heterocycles. The molecule has 1 saturated heterocycles. The molecule has 1 aliphatic heterocycles. The third-order valence-electron chi connectivity index (χ3n) is 3.08. The van der Waals surface area contributed by atoms with Crippen LogP contribution in [0.4, 0.5) is 4.39 Å². The molecule has 1 aliphatic rings. The van der Waals surface area contributed by atoms with Crippen molar-refractivity contribution in [2.45, 2.75) is 24.3 Å². The largest absolute Gasteiger partial charge is 0.352 e. The smallest absolute Gasteiger partial charge is 0.253 e. The molecule has 1 aromatic carbocycles. The molecule has 1 heterocycles. The summed E-state index contributed by atoms with van der Waals surface area (Å²) < 4.78 is 13.1. The minimum atomic E-state index is -0.447. The second kappa shape index (κ2) is 5.61. The van der Waals surface area contributed by atoms with Crippen LogP contribution < -0.4 is 5.32 Å². The minimum Gasteiger partial charge on any atom is -0.352 e. The van der Waals surface area contributed by atoms with Gasteiger partial charge in [0.25, 0.3) is 5.91 Å². The van der Waals surface area contributed by atoms with Crippen LogP contribution in [0.2, 0.25) is 0 Å². The number of likely N-dealkylation sites (tertiary alicyclic amines) is 1. The molecule has 0 saturated carbocycles. The molecule has 1 atom stereocenters. The summed E-state index contributed by atoms with van der Waals surface area (Å²) in [4.78, 5) is 25.0. The second-order valence-electron chi connectivity index (χ2n) is 4.60. The third-order valence-corrected chi connectivity index (χ3v) is 3.42. The number of carbonyl (C=O) groups is 2. The summed E-state index contributed by atoms with van der Waals surface area (Å²) in [6.07, 6.45) is 0.736. The van der Waals surface area contributed by atoms with Gasteiger partial charge in [-0.15, -0.1) is 12.6 Å². The Bertz CT molecular complexity index is 521. The molecular formula is C13H15FN2O2S. The molecule has 1 aromatic rings. The Morgan fingerprint density at radius 1 is 1.47 bits per heavy atom. The molecule has 1 unspecified atom stereocenters. The number of carbonyl (C=O) groups excluding carboxylic acids is 2. The zero-order valence-corrected chi connectivity index (χ0v) is 11.4. The van der Waals surface area contributed by atoms with Crippen LogP contribution in [0.25, 0.3) is 0 Å². The molecule has 0 aliphatic carbocycles. The number of rotatable bonds is 2. The molecule has 4 nitrogen and oxygen atoms in total. The van der Waals surface area contributed by atoms with Gasteiger partial charge in [0.1, 0.15) is 5.82 Å². The van der Waals surface area contributed by atoms with Gasteiger partial charge in [0.2, 0.25) is 5.91 Å². The molecule has 0 spiro atoms. The van der Waals surface area contributed by atoms with E-state index in [0.717, 1.165) is 6.42 Å². The molecule has 102 valence electrons. The van der Waals surface area contributed by atoms with E-state index in [0.29, 0.717) is 18.7 Å². The van der Waals surface area contributed by atoms with Crippen LogP contribution in [0.1, 0.15) is 23.7 Å². The van der Waals surface area contributed by atoms with Gasteiger partial charge in [0.05, 0.1) is 0 Å². The van der Waals surface area contributed by atoms with Crippen LogP contribution in [-0.4, -0.2) is 35.8 Å². The van der Waals surface area contributed by atoms with Crippen molar-refractivity contribution < 1.29 is 14.0 Å². The third kappa shape index (κ3) is 3.26. The molecule has 1 fully saturated rings. The lowest BCUT2D eigenvalue weighted by molar-refractivity contribution is -0.119. The number of benzene rings is 1. The molecule has 2 rings (SSSR count). The molecule has 0 bridgehead atoms. The summed E-state index contributed by atoms with van der Waals surface area (Å²) in [6, 6.07) is 4.10. The van der Waals surface area contributed by atoms with Crippen molar-refractivity contribution in [2.24, 2.45) is 0 Å². The molecule has 0 radical (unpaired) electrons. The maximum atomic E-state index is 13.1. The number of hydrogen-bond donors (Lipinski definition) is 2. The van der Waals surface area contributed by atoms with E-state index in [2.05, 4.69) is 17.9 Å². The maximum Gasteiger partial charge on any atom is 0.253 e. The fourth-order valence-electron chi connectivity index (χ4n) is 2.18. The fourth-order valence-corrected chi connectivity index (χ4v) is 2.39. The van der Waals surface area contributed by atoms with E-state index in [4.69, 9.17) is 0 Å². The summed E-state index contributed by atoms with van der Waals surface area (Å²) in [5.74, 6) is -0.709. The number of amides is 2. The van der Waals surface area contributed by atoms with Gasteiger partial charge in [0.15, 0.2) is 0 Å². The Hall–Kier alpha value is -1.56. The minimum absolute atomic E-state index is 0.00243. The first-order valence-electron chi connectivity index (χ1n) is 6.02. The van der Waals surface area contributed by atoms with Crippen molar-refractivity contribution >= 4 is 24.4 Å². The van der Waals surface area contributed by atoms with Crippen LogP contribution >= 0.6 is 12.6 Å². The van der Waals surface area contributed by atoms with Crippen molar-refractivity contribution in [3.8, 4) is 0 Å². The molecule has 1 N–H and O–H groups in total. The zero-order valence-electron chi connectivity index (χ0n) is 10.5. The predicted molar refractivity (Wildman–Crippen MR) is 71.8 cm³/mol. The van der Waals surface area contributed by atoms with Crippen molar-refractivity contribution in [2.75, 3.05) is 13.1 Å². The maximum absolute atomic E-state index is 13.1. The lowest BCUT2D eigenvalue weighted by Gasteiger charge is -2.17. The van der Waals surface area contributed by atoms with Crippen molar-refractivity contribution in [1.29, 1.82) is 0 Å². The number of hydrogen-bond acceptors (Lipinski definition) is 3. The van der Waals surface area contributed by atoms with Gasteiger partial charge >= 0.3 is 0 Å². The van der Waals surface area contributed by atoms with Gasteiger partial charge in [-0.05, 0) is 24.6 Å². The molecular weight excluding hydrogens is 267 g/mol. The quantitative estimate of drug-likeness (QED) is 0.807. The molecule has 19 heavy (non-hydrogen) atoms. The Morgan fingerprint density at radius 3 is 2.84 bits per heavy atom. The second-order valence-corrected chi connectivity index (χ2v) is 5.09. The summed E-state index contributed by atoms with van der Waals surface area (Å²) in [6.45, 7) is 2.53. The van der Waals surface area contributed by atoms with Gasteiger partial charge in [-0.25, -0.2) is 4.39 Å². The highest BCUT2D eigenvalue weighted by atomic mass is 32.1. The monoisotopic (exact) mass is 282 g/mol. The lowest BCUT2D eigenvalue weighted by Crippen LogP contribution is -2.37. The van der Waals surface area contributed by atoms with Crippen LogP contribution in [0.3, 0.4) is 0 Å². The summed E-state index contributed by atoms with van der Waals surface area (Å²) in [5, 5.41) is 2.79. The van der Waals surface area contributed by atoms with E-state index >= 15 is 0 Å². The first-order valence-corrected chi connectivity index (χ1v) is 6.47. The van der Waals surface area contributed by atoms with Gasteiger partial charge in [-0.1, -0.05) is 0 Å². The predicted octanol–water partition coefficient (Wildman–Crippen LogP) is 1.46. The van der Waals surface area contributed by atoms with E-state index in [1.54, 1.807) is 4.90 Å². The van der Waals surface area contributed by atoms with E-state index in [1.165, 1.54) is 25.1 Å². The average molecular weight is 282 g/mol. The Labute approximate surface area is 116 Å². The summed E-state index contributed by atoms with van der Waals surface area (Å²) >= 11 is 3.96. The van der Waals surface area contributed by atoms with Crippen molar-refractivity contribution in [1.82, 2.24) is 10.2 Å². The first-order chi connectivity index (χ1) is 8.97. The summed E-state index contributed by atoms with van der Waals surface area (Å²) in [7, 11) is 0. The topological polar surface area (TPSA) is 49.4 Å². The average Bonchev–Trinajstić information content (AvgIpc) is 2.79. The molecule has 2 amide bonds. The van der Waals surface area contributed by atoms with Gasteiger partial charge in [-0.3, -0.25) is 9.59 Å². The number of nitrogens with zero attached hydrogens (tertiary/aromatic N) is 1. The van der Waals surface area contributed by atoms with Crippen molar-refractivity contribution in [3.05, 3.63) is 29.6 Å². The van der Waals surface area contributed by atoms with E-state index in [-0.39, 0.29) is 22.8 Å². The highest BCUT2D eigenvalue weighted by Gasteiger charge is 2.27. The van der Waals surface area contributed by atoms with Crippen LogP contribution in [0.5, 0.6) is 0 Å². The Kier molecular flexibility index (Phi) is 4.09. The highest BCUT2D eigenvalue weighted by Crippen LogP contribution is 2.18. The first kappa shape index (κ1) is 13.9. The number of halogens is 1. The Balaban J connectivity index is 2.04. The van der Waals surface area contributed by atoms with Crippen LogP contribution in [0, 0.1) is 5.82 Å². The normalized spacial score (nSPS) is 18.5. The Morgan fingerprint density at radius 2 is 2.21 bits per heavy atom. The van der Waals surface area contributed by atoms with Gasteiger partial charge in [-0.2, -0.15) is 0 Å². The fraction of sp³-hybridized carbons (Fsp3) is 0.385. The zero-order chi connectivity index (χ0) is 14.0. The van der Waals surface area contributed by atoms with E-state index in [9.17, 15) is 14.0 Å². The molecule has 6 heteroatoms. The van der Waals surface area contributed by atoms with Gasteiger partial charge < -0.3 is 10.2 Å². The van der Waals surface area contributed by atoms with Crippen LogP contribution in [-0.2, 0) is 4.79 Å². The standard InChI is InChI=1S/C13H15FN2O2S/c1-8(17)15-10-4-5-16(7-10)13(18)9-2-3-11(14)12(19)6-9/h2-3,6,10,19H,4-5,7H2,1H3,(H,15,17). The van der Waals surface area contributed by atoms with Gasteiger partial charge in [0, 0.05) is 36.5 Å². The SMILES string of the molecule is CC(=O)NC1CCN(C(=O)c2ccc(F)c(S)c2)C1. The number of nitrogens with one attached hydrogen (secondary N) is 1. The highest BCUT2D eigenvalue weighted by molar-refractivity contribution is 7.80. The van der Waals surface area contributed by atoms with Crippen molar-refractivity contribution in [3.63, 3.8) is 0 Å². The number of thiol groups is 1. The summed E-state index contributed by atoms with van der Waals surface area (Å²) in [5.41, 5.74) is 0.412. The van der Waals surface area contributed by atoms with Crippen LogP contribution in [0.15, 0.2) is 23.1 Å². The lowest BCUT2D eigenvalue weighted by atomic mass is 10.2.